The minimum Gasteiger partial charge on any atom is -0.504 e. The van der Waals surface area contributed by atoms with Crippen molar-refractivity contribution in [2.75, 3.05) is 13.7 Å². The van der Waals surface area contributed by atoms with Crippen LogP contribution in [-0.4, -0.2) is 24.8 Å². The van der Waals surface area contributed by atoms with Crippen molar-refractivity contribution < 1.29 is 19.4 Å². The van der Waals surface area contributed by atoms with Crippen molar-refractivity contribution in [3.05, 3.63) is 59.7 Å². The second kappa shape index (κ2) is 6.61. The Balaban J connectivity index is 1.88. The fourth-order valence-electron chi connectivity index (χ4n) is 1.78. The third kappa shape index (κ3) is 3.51. The molecule has 2 aromatic carbocycles. The van der Waals surface area contributed by atoms with Gasteiger partial charge in [0, 0.05) is 6.42 Å². The molecule has 0 aromatic heterocycles. The highest BCUT2D eigenvalue weighted by atomic mass is 16.5. The molecule has 2 aromatic rings. The van der Waals surface area contributed by atoms with E-state index in [-0.39, 0.29) is 11.7 Å². The van der Waals surface area contributed by atoms with E-state index in [2.05, 4.69) is 4.74 Å². The van der Waals surface area contributed by atoms with E-state index < -0.39 is 0 Å². The van der Waals surface area contributed by atoms with E-state index >= 15 is 0 Å². The van der Waals surface area contributed by atoms with Gasteiger partial charge in [0.05, 0.1) is 19.3 Å². The predicted octanol–water partition coefficient (Wildman–Crippen LogP) is 2.80. The maximum atomic E-state index is 11.3. The Hall–Kier alpha value is -2.49. The van der Waals surface area contributed by atoms with Crippen LogP contribution in [0.1, 0.15) is 15.9 Å². The van der Waals surface area contributed by atoms with Crippen LogP contribution in [-0.2, 0) is 11.2 Å². The summed E-state index contributed by atoms with van der Waals surface area (Å²) >= 11 is 0. The summed E-state index contributed by atoms with van der Waals surface area (Å²) in [6.45, 7) is 0.454. The number of aromatic hydroxyl groups is 1. The number of benzene rings is 2. The number of ether oxygens (including phenoxy) is 2. The van der Waals surface area contributed by atoms with Gasteiger partial charge in [0.1, 0.15) is 0 Å². The van der Waals surface area contributed by atoms with Crippen LogP contribution in [0.2, 0.25) is 0 Å². The molecule has 0 heterocycles. The minimum atomic E-state index is -0.345. The molecule has 0 unspecified atom stereocenters. The van der Waals surface area contributed by atoms with Crippen molar-refractivity contribution in [3.63, 3.8) is 0 Å². The molecular formula is C16H16O4. The summed E-state index contributed by atoms with van der Waals surface area (Å²) in [5.74, 6) is 0.259. The van der Waals surface area contributed by atoms with Gasteiger partial charge in [-0.1, -0.05) is 24.3 Å². The maximum Gasteiger partial charge on any atom is 0.337 e. The molecule has 0 atom stereocenters. The van der Waals surface area contributed by atoms with Crippen LogP contribution in [0.15, 0.2) is 48.5 Å². The monoisotopic (exact) mass is 272 g/mol. The SMILES string of the molecule is COC(=O)c1ccc(CCOc2ccccc2O)cc1. The maximum absolute atomic E-state index is 11.3. The zero-order valence-corrected chi connectivity index (χ0v) is 11.2. The molecule has 1 N–H and O–H groups in total. The van der Waals surface area contributed by atoms with Gasteiger partial charge >= 0.3 is 5.97 Å². The third-order valence-corrected chi connectivity index (χ3v) is 2.89. The lowest BCUT2D eigenvalue weighted by molar-refractivity contribution is 0.0600. The van der Waals surface area contributed by atoms with E-state index in [0.29, 0.717) is 24.3 Å². The van der Waals surface area contributed by atoms with Crippen molar-refractivity contribution in [2.45, 2.75) is 6.42 Å². The van der Waals surface area contributed by atoms with Crippen LogP contribution >= 0.6 is 0 Å². The molecule has 0 fully saturated rings. The van der Waals surface area contributed by atoms with Gasteiger partial charge in [0.2, 0.25) is 0 Å². The topological polar surface area (TPSA) is 55.8 Å². The summed E-state index contributed by atoms with van der Waals surface area (Å²) in [6, 6.07) is 14.0. The molecule has 0 bridgehead atoms. The number of phenolic OH excluding ortho intramolecular Hbond substituents is 1. The Labute approximate surface area is 117 Å². The van der Waals surface area contributed by atoms with Crippen LogP contribution < -0.4 is 4.74 Å². The summed E-state index contributed by atoms with van der Waals surface area (Å²) in [5, 5.41) is 9.56. The molecule has 0 aliphatic heterocycles. The van der Waals surface area contributed by atoms with Gasteiger partial charge in [-0.05, 0) is 29.8 Å². The molecule has 2 rings (SSSR count). The van der Waals surface area contributed by atoms with Crippen LogP contribution in [0, 0.1) is 0 Å². The molecule has 4 nitrogen and oxygen atoms in total. The number of phenols is 1. The largest absolute Gasteiger partial charge is 0.504 e. The van der Waals surface area contributed by atoms with Gasteiger partial charge in [-0.25, -0.2) is 4.79 Å². The second-order valence-corrected chi connectivity index (χ2v) is 4.25. The molecule has 4 heteroatoms. The Bertz CT molecular complexity index is 575. The van der Waals surface area contributed by atoms with Gasteiger partial charge in [-0.2, -0.15) is 0 Å². The Kier molecular flexibility index (Phi) is 4.60. The van der Waals surface area contributed by atoms with E-state index in [1.54, 1.807) is 36.4 Å². The van der Waals surface area contributed by atoms with Crippen molar-refractivity contribution in [1.82, 2.24) is 0 Å². The number of carbonyl (C=O) groups excluding carboxylic acids is 1. The lowest BCUT2D eigenvalue weighted by Gasteiger charge is -2.08. The molecule has 0 saturated heterocycles. The molecule has 0 aliphatic rings. The summed E-state index contributed by atoms with van der Waals surface area (Å²) in [4.78, 5) is 11.3. The van der Waals surface area contributed by atoms with Crippen LogP contribution in [0.25, 0.3) is 0 Å². The average molecular weight is 272 g/mol. The van der Waals surface area contributed by atoms with Gasteiger partial charge < -0.3 is 14.6 Å². The first-order valence-corrected chi connectivity index (χ1v) is 6.29. The molecule has 0 aliphatic carbocycles. The smallest absolute Gasteiger partial charge is 0.337 e. The molecule has 20 heavy (non-hydrogen) atoms. The number of esters is 1. The number of hydrogen-bond acceptors (Lipinski definition) is 4. The molecule has 0 radical (unpaired) electrons. The zero-order chi connectivity index (χ0) is 14.4. The second-order valence-electron chi connectivity index (χ2n) is 4.25. The van der Waals surface area contributed by atoms with Crippen molar-refractivity contribution in [1.29, 1.82) is 0 Å². The summed E-state index contributed by atoms with van der Waals surface area (Å²) in [7, 11) is 1.36. The minimum absolute atomic E-state index is 0.133. The van der Waals surface area contributed by atoms with Crippen LogP contribution in [0.5, 0.6) is 11.5 Å². The average Bonchev–Trinajstić information content (AvgIpc) is 2.49. The molecule has 0 spiro atoms. The van der Waals surface area contributed by atoms with Gasteiger partial charge in [0.25, 0.3) is 0 Å². The first-order chi connectivity index (χ1) is 9.70. The van der Waals surface area contributed by atoms with Crippen LogP contribution in [0.4, 0.5) is 0 Å². The first kappa shape index (κ1) is 13.9. The first-order valence-electron chi connectivity index (χ1n) is 6.29. The fourth-order valence-corrected chi connectivity index (χ4v) is 1.78. The van der Waals surface area contributed by atoms with E-state index in [9.17, 15) is 9.90 Å². The standard InChI is InChI=1S/C16H16O4/c1-19-16(18)13-8-6-12(7-9-13)10-11-20-15-5-3-2-4-14(15)17/h2-9,17H,10-11H2,1H3. The number of rotatable bonds is 5. The van der Waals surface area contributed by atoms with Crippen LogP contribution in [0.3, 0.4) is 0 Å². The molecular weight excluding hydrogens is 256 g/mol. The molecule has 0 saturated carbocycles. The summed E-state index contributed by atoms with van der Waals surface area (Å²) in [6.07, 6.45) is 0.690. The lowest BCUT2D eigenvalue weighted by Crippen LogP contribution is -2.03. The van der Waals surface area contributed by atoms with E-state index in [1.807, 2.05) is 12.1 Å². The molecule has 104 valence electrons. The Morgan fingerprint density at radius 2 is 1.80 bits per heavy atom. The predicted molar refractivity (Wildman–Crippen MR) is 75.1 cm³/mol. The number of hydrogen-bond donors (Lipinski definition) is 1. The number of carbonyl (C=O) groups is 1. The highest BCUT2D eigenvalue weighted by molar-refractivity contribution is 5.89. The fraction of sp³-hybridized carbons (Fsp3) is 0.188. The Morgan fingerprint density at radius 3 is 2.45 bits per heavy atom. The normalized spacial score (nSPS) is 10.1. The highest BCUT2D eigenvalue weighted by Crippen LogP contribution is 2.24. The highest BCUT2D eigenvalue weighted by Gasteiger charge is 2.05. The van der Waals surface area contributed by atoms with Gasteiger partial charge in [0.15, 0.2) is 11.5 Å². The van der Waals surface area contributed by atoms with E-state index in [1.165, 1.54) is 7.11 Å². The van der Waals surface area contributed by atoms with Crippen molar-refractivity contribution >= 4 is 5.97 Å². The third-order valence-electron chi connectivity index (χ3n) is 2.89. The quantitative estimate of drug-likeness (QED) is 0.850. The summed E-state index contributed by atoms with van der Waals surface area (Å²) in [5.41, 5.74) is 1.57. The molecule has 0 amide bonds. The number of methoxy groups -OCH3 is 1. The summed E-state index contributed by atoms with van der Waals surface area (Å²) < 4.78 is 10.1. The Morgan fingerprint density at radius 1 is 1.10 bits per heavy atom. The van der Waals surface area contributed by atoms with E-state index in [4.69, 9.17) is 4.74 Å². The van der Waals surface area contributed by atoms with Crippen molar-refractivity contribution in [2.24, 2.45) is 0 Å². The van der Waals surface area contributed by atoms with Gasteiger partial charge in [-0.15, -0.1) is 0 Å². The van der Waals surface area contributed by atoms with Crippen molar-refractivity contribution in [3.8, 4) is 11.5 Å². The zero-order valence-electron chi connectivity index (χ0n) is 11.2. The van der Waals surface area contributed by atoms with Gasteiger partial charge in [-0.3, -0.25) is 0 Å². The number of para-hydroxylation sites is 2. The lowest BCUT2D eigenvalue weighted by atomic mass is 10.1. The van der Waals surface area contributed by atoms with E-state index in [0.717, 1.165) is 5.56 Å².